The molecule has 0 aromatic heterocycles. The zero-order chi connectivity index (χ0) is 15.8. The molecular formula is C14H33NO3Si2. The highest BCUT2D eigenvalue weighted by Crippen LogP contribution is 2.17. The maximum atomic E-state index is 11.3. The Labute approximate surface area is 127 Å². The van der Waals surface area contributed by atoms with Crippen LogP contribution in [0.5, 0.6) is 0 Å². The van der Waals surface area contributed by atoms with Gasteiger partial charge in [0.2, 0.25) is 0 Å². The summed E-state index contributed by atoms with van der Waals surface area (Å²) in [4.78, 5) is 11.3. The summed E-state index contributed by atoms with van der Waals surface area (Å²) in [5, 5.41) is 0. The lowest BCUT2D eigenvalue weighted by Gasteiger charge is -2.34. The Morgan fingerprint density at radius 3 is 2.15 bits per heavy atom. The first kappa shape index (κ1) is 19.8. The molecule has 0 aliphatic rings. The Bertz CT molecular complexity index is 291. The lowest BCUT2D eigenvalue weighted by molar-refractivity contribution is -0.140. The summed E-state index contributed by atoms with van der Waals surface area (Å²) in [7, 11) is -1.41. The molecule has 0 saturated carbocycles. The van der Waals surface area contributed by atoms with Gasteiger partial charge in [-0.25, -0.2) is 0 Å². The molecule has 6 heteroatoms. The third-order valence-corrected chi connectivity index (χ3v) is 8.48. The molecule has 0 saturated heterocycles. The van der Waals surface area contributed by atoms with Gasteiger partial charge in [-0.15, -0.1) is 0 Å². The summed E-state index contributed by atoms with van der Waals surface area (Å²) in [6.45, 7) is 16.3. The number of hydrogen-bond donors (Lipinski definition) is 0. The molecule has 120 valence electrons. The van der Waals surface area contributed by atoms with E-state index in [-0.39, 0.29) is 5.97 Å². The number of hydrogen-bond acceptors (Lipinski definition) is 4. The van der Waals surface area contributed by atoms with Gasteiger partial charge in [0.1, 0.15) is 8.24 Å². The normalized spacial score (nSPS) is 12.8. The van der Waals surface area contributed by atoms with E-state index in [9.17, 15) is 4.79 Å². The standard InChI is InChI=1S/C14H33NO3Si2/c1-8-18-20(6,7)13-9-11-15(19(3,4)5)12-10-14(16)17-2/h8-13H2,1-7H3. The van der Waals surface area contributed by atoms with Crippen molar-refractivity contribution in [2.45, 2.75) is 58.5 Å². The highest BCUT2D eigenvalue weighted by Gasteiger charge is 2.26. The first-order valence-corrected chi connectivity index (χ1v) is 14.1. The van der Waals surface area contributed by atoms with E-state index >= 15 is 0 Å². The Kier molecular flexibility index (Phi) is 8.89. The molecule has 0 rings (SSSR count). The first-order valence-electron chi connectivity index (χ1n) is 7.58. The molecule has 0 radical (unpaired) electrons. The van der Waals surface area contributed by atoms with Crippen molar-refractivity contribution in [1.82, 2.24) is 4.57 Å². The molecule has 0 aromatic carbocycles. The molecule has 0 amide bonds. The van der Waals surface area contributed by atoms with Crippen molar-refractivity contribution in [3.8, 4) is 0 Å². The summed E-state index contributed by atoms with van der Waals surface area (Å²) in [5.41, 5.74) is 0. The third-order valence-electron chi connectivity index (χ3n) is 3.50. The molecule has 0 unspecified atom stereocenters. The predicted octanol–water partition coefficient (Wildman–Crippen LogP) is 3.32. The van der Waals surface area contributed by atoms with Gasteiger partial charge in [-0.3, -0.25) is 4.79 Å². The maximum absolute atomic E-state index is 11.3. The second kappa shape index (κ2) is 8.97. The maximum Gasteiger partial charge on any atom is 0.306 e. The van der Waals surface area contributed by atoms with Crippen LogP contribution in [-0.4, -0.2) is 53.9 Å². The first-order chi connectivity index (χ1) is 9.12. The number of nitrogens with zero attached hydrogens (tertiary/aromatic N) is 1. The van der Waals surface area contributed by atoms with E-state index in [0.717, 1.165) is 26.1 Å². The smallest absolute Gasteiger partial charge is 0.306 e. The summed E-state index contributed by atoms with van der Waals surface area (Å²) < 4.78 is 13.1. The fourth-order valence-corrected chi connectivity index (χ4v) is 5.82. The van der Waals surface area contributed by atoms with E-state index in [1.54, 1.807) is 0 Å². The predicted molar refractivity (Wildman–Crippen MR) is 90.1 cm³/mol. The van der Waals surface area contributed by atoms with E-state index in [2.05, 4.69) is 44.2 Å². The van der Waals surface area contributed by atoms with Crippen molar-refractivity contribution in [2.24, 2.45) is 0 Å². The van der Waals surface area contributed by atoms with E-state index in [0.29, 0.717) is 6.42 Å². The minimum absolute atomic E-state index is 0.114. The van der Waals surface area contributed by atoms with Crippen LogP contribution in [0.15, 0.2) is 0 Å². The van der Waals surface area contributed by atoms with Crippen LogP contribution in [0.25, 0.3) is 0 Å². The van der Waals surface area contributed by atoms with Gasteiger partial charge in [0.25, 0.3) is 0 Å². The average Bonchev–Trinajstić information content (AvgIpc) is 2.31. The lowest BCUT2D eigenvalue weighted by atomic mass is 10.4. The van der Waals surface area contributed by atoms with Crippen LogP contribution in [-0.2, 0) is 14.0 Å². The summed E-state index contributed by atoms with van der Waals surface area (Å²) in [5.74, 6) is -0.114. The van der Waals surface area contributed by atoms with Crippen LogP contribution in [0.2, 0.25) is 38.8 Å². The molecule has 0 atom stereocenters. The van der Waals surface area contributed by atoms with Gasteiger partial charge in [-0.05, 0) is 39.0 Å². The second-order valence-electron chi connectivity index (χ2n) is 6.78. The quantitative estimate of drug-likeness (QED) is 0.457. The monoisotopic (exact) mass is 319 g/mol. The summed E-state index contributed by atoms with van der Waals surface area (Å²) >= 11 is 0. The Hall–Kier alpha value is -0.176. The van der Waals surface area contributed by atoms with Crippen LogP contribution < -0.4 is 0 Å². The second-order valence-corrected chi connectivity index (χ2v) is 16.1. The van der Waals surface area contributed by atoms with Gasteiger partial charge >= 0.3 is 5.97 Å². The number of methoxy groups -OCH3 is 1. The molecule has 20 heavy (non-hydrogen) atoms. The highest BCUT2D eigenvalue weighted by atomic mass is 28.4. The molecule has 0 aromatic rings. The number of carbonyl (C=O) groups is 1. The highest BCUT2D eigenvalue weighted by molar-refractivity contribution is 6.73. The number of carbonyl (C=O) groups excluding carboxylic acids is 1. The van der Waals surface area contributed by atoms with Crippen molar-refractivity contribution in [2.75, 3.05) is 26.8 Å². The van der Waals surface area contributed by atoms with Gasteiger partial charge in [0.05, 0.1) is 13.5 Å². The minimum Gasteiger partial charge on any atom is -0.469 e. The fraction of sp³-hybridized carbons (Fsp3) is 0.929. The van der Waals surface area contributed by atoms with Crippen LogP contribution in [0.4, 0.5) is 0 Å². The number of esters is 1. The fourth-order valence-electron chi connectivity index (χ4n) is 2.27. The van der Waals surface area contributed by atoms with E-state index in [4.69, 9.17) is 9.16 Å². The number of ether oxygens (including phenoxy) is 1. The van der Waals surface area contributed by atoms with Gasteiger partial charge in [0.15, 0.2) is 8.32 Å². The van der Waals surface area contributed by atoms with Crippen molar-refractivity contribution in [1.29, 1.82) is 0 Å². The minimum atomic E-state index is -1.48. The van der Waals surface area contributed by atoms with Crippen LogP contribution in [0, 0.1) is 0 Å². The third kappa shape index (κ3) is 8.89. The molecule has 0 spiro atoms. The molecule has 0 fully saturated rings. The van der Waals surface area contributed by atoms with E-state index in [1.807, 2.05) is 0 Å². The number of rotatable bonds is 10. The Balaban J connectivity index is 4.28. The lowest BCUT2D eigenvalue weighted by Crippen LogP contribution is -2.47. The zero-order valence-electron chi connectivity index (χ0n) is 14.4. The Morgan fingerprint density at radius 1 is 1.10 bits per heavy atom. The van der Waals surface area contributed by atoms with Crippen LogP contribution in [0.3, 0.4) is 0 Å². The van der Waals surface area contributed by atoms with Gasteiger partial charge in [0, 0.05) is 13.2 Å². The van der Waals surface area contributed by atoms with Crippen molar-refractivity contribution >= 4 is 22.5 Å². The Morgan fingerprint density at radius 2 is 1.70 bits per heavy atom. The van der Waals surface area contributed by atoms with Crippen LogP contribution in [0.1, 0.15) is 19.8 Å². The molecule has 0 heterocycles. The van der Waals surface area contributed by atoms with Gasteiger partial charge in [-0.1, -0.05) is 19.6 Å². The SMILES string of the molecule is CCO[Si](C)(C)CCCN(CCC(=O)OC)[Si](C)(C)C. The molecule has 0 bridgehead atoms. The largest absolute Gasteiger partial charge is 0.469 e. The topological polar surface area (TPSA) is 38.8 Å². The molecule has 0 N–H and O–H groups in total. The van der Waals surface area contributed by atoms with Gasteiger partial charge < -0.3 is 13.7 Å². The summed E-state index contributed by atoms with van der Waals surface area (Å²) in [6, 6.07) is 1.18. The molecule has 0 aliphatic carbocycles. The zero-order valence-corrected chi connectivity index (χ0v) is 16.4. The van der Waals surface area contributed by atoms with Crippen molar-refractivity contribution in [3.63, 3.8) is 0 Å². The molecule has 4 nitrogen and oxygen atoms in total. The average molecular weight is 320 g/mol. The van der Waals surface area contributed by atoms with Crippen LogP contribution >= 0.6 is 0 Å². The van der Waals surface area contributed by atoms with Crippen molar-refractivity contribution in [3.05, 3.63) is 0 Å². The van der Waals surface area contributed by atoms with E-state index < -0.39 is 16.6 Å². The van der Waals surface area contributed by atoms with Crippen molar-refractivity contribution < 1.29 is 14.0 Å². The van der Waals surface area contributed by atoms with E-state index in [1.165, 1.54) is 13.2 Å². The summed E-state index contributed by atoms with van der Waals surface area (Å²) in [6.07, 6.45) is 1.65. The molecule has 0 aliphatic heterocycles. The van der Waals surface area contributed by atoms with Gasteiger partial charge in [-0.2, -0.15) is 0 Å². The molecular weight excluding hydrogens is 286 g/mol.